The van der Waals surface area contributed by atoms with Gasteiger partial charge >= 0.3 is 0 Å². The second-order valence-electron chi connectivity index (χ2n) is 6.20. The van der Waals surface area contributed by atoms with Crippen molar-refractivity contribution in [3.63, 3.8) is 0 Å². The molecule has 130 valence electrons. The largest absolute Gasteiger partial charge is 0.269 e. The summed E-state index contributed by atoms with van der Waals surface area (Å²) in [6.07, 6.45) is 9.65. The summed E-state index contributed by atoms with van der Waals surface area (Å²) < 4.78 is 1.56. The summed E-state index contributed by atoms with van der Waals surface area (Å²) in [5.41, 5.74) is 4.38. The highest BCUT2D eigenvalue weighted by atomic mass is 16.1. The van der Waals surface area contributed by atoms with E-state index in [9.17, 15) is 4.79 Å². The van der Waals surface area contributed by atoms with E-state index in [0.29, 0.717) is 11.3 Å². The Bertz CT molecular complexity index is 1170. The van der Waals surface area contributed by atoms with Crippen LogP contribution in [0.4, 0.5) is 0 Å². The summed E-state index contributed by atoms with van der Waals surface area (Å²) in [7, 11) is 0. The zero-order valence-electron chi connectivity index (χ0n) is 14.7. The van der Waals surface area contributed by atoms with Gasteiger partial charge in [0.25, 0.3) is 5.56 Å². The normalized spacial score (nSPS) is 11.6. The van der Waals surface area contributed by atoms with Crippen LogP contribution in [0.2, 0.25) is 0 Å². The quantitative estimate of drug-likeness (QED) is 0.517. The summed E-state index contributed by atoms with van der Waals surface area (Å²) >= 11 is 0. The first-order chi connectivity index (χ1) is 13.3. The minimum Gasteiger partial charge on any atom is -0.269 e. The van der Waals surface area contributed by atoms with E-state index in [-0.39, 0.29) is 5.56 Å². The van der Waals surface area contributed by atoms with Gasteiger partial charge in [-0.25, -0.2) is 4.98 Å². The highest BCUT2D eigenvalue weighted by molar-refractivity contribution is 5.72. The predicted octanol–water partition coefficient (Wildman–Crippen LogP) is 5.04. The smallest absolute Gasteiger partial charge is 0.258 e. The van der Waals surface area contributed by atoms with E-state index >= 15 is 0 Å². The topological polar surface area (TPSA) is 34.4 Å². The van der Waals surface area contributed by atoms with Gasteiger partial charge in [-0.15, -0.1) is 0 Å². The molecule has 0 spiro atoms. The van der Waals surface area contributed by atoms with Crippen LogP contribution in [0, 0.1) is 0 Å². The lowest BCUT2D eigenvalue weighted by molar-refractivity contribution is 1.04. The average molecular weight is 350 g/mol. The molecule has 2 aromatic carbocycles. The van der Waals surface area contributed by atoms with E-state index in [1.165, 1.54) is 0 Å². The molecule has 3 heteroatoms. The number of rotatable bonds is 4. The van der Waals surface area contributed by atoms with Gasteiger partial charge in [-0.05, 0) is 34.9 Å². The Morgan fingerprint density at radius 2 is 1.26 bits per heavy atom. The van der Waals surface area contributed by atoms with Crippen LogP contribution in [0.3, 0.4) is 0 Å². The summed E-state index contributed by atoms with van der Waals surface area (Å²) in [4.78, 5) is 17.0. The molecule has 3 nitrogen and oxygen atoms in total. The number of fused-ring (bicyclic) bond motifs is 1. The second-order valence-corrected chi connectivity index (χ2v) is 6.20. The number of benzene rings is 2. The Balaban J connectivity index is 1.67. The molecule has 0 amide bonds. The van der Waals surface area contributed by atoms with Crippen LogP contribution < -0.4 is 5.56 Å². The van der Waals surface area contributed by atoms with Crippen LogP contribution in [0.5, 0.6) is 0 Å². The predicted molar refractivity (Wildman–Crippen MR) is 112 cm³/mol. The highest BCUT2D eigenvalue weighted by Crippen LogP contribution is 2.11. The maximum absolute atomic E-state index is 12.4. The van der Waals surface area contributed by atoms with Crippen LogP contribution in [-0.2, 0) is 0 Å². The summed E-state index contributed by atoms with van der Waals surface area (Å²) in [6.45, 7) is 0. The maximum Gasteiger partial charge on any atom is 0.258 e. The van der Waals surface area contributed by atoms with Gasteiger partial charge in [0, 0.05) is 12.3 Å². The van der Waals surface area contributed by atoms with Crippen molar-refractivity contribution in [3.05, 3.63) is 118 Å². The second kappa shape index (κ2) is 7.67. The Morgan fingerprint density at radius 1 is 0.667 bits per heavy atom. The van der Waals surface area contributed by atoms with Crippen molar-refractivity contribution in [2.45, 2.75) is 0 Å². The van der Waals surface area contributed by atoms with Gasteiger partial charge in [-0.1, -0.05) is 78.9 Å². The first-order valence-electron chi connectivity index (χ1n) is 8.78. The van der Waals surface area contributed by atoms with Crippen molar-refractivity contribution in [1.82, 2.24) is 9.38 Å². The molecule has 0 fully saturated rings. The summed E-state index contributed by atoms with van der Waals surface area (Å²) in [5, 5.41) is 0. The fourth-order valence-electron chi connectivity index (χ4n) is 2.83. The number of nitrogens with zero attached hydrogens (tertiary/aromatic N) is 2. The first-order valence-corrected chi connectivity index (χ1v) is 8.78. The van der Waals surface area contributed by atoms with Crippen molar-refractivity contribution in [2.24, 2.45) is 0 Å². The SMILES string of the molecule is O=c1cc(/C=C/c2ccccc2)nc2cc(/C=C/c3ccccc3)ccn12. The molecule has 4 aromatic rings. The third-order valence-corrected chi connectivity index (χ3v) is 4.23. The van der Waals surface area contributed by atoms with Crippen LogP contribution in [0.15, 0.2) is 89.9 Å². The van der Waals surface area contributed by atoms with Gasteiger partial charge in [-0.3, -0.25) is 9.20 Å². The fourth-order valence-corrected chi connectivity index (χ4v) is 2.83. The van der Waals surface area contributed by atoms with Crippen LogP contribution >= 0.6 is 0 Å². The van der Waals surface area contributed by atoms with Crippen molar-refractivity contribution in [3.8, 4) is 0 Å². The molecule has 2 heterocycles. The molecule has 0 saturated heterocycles. The molecule has 0 bridgehead atoms. The van der Waals surface area contributed by atoms with Gasteiger partial charge in [-0.2, -0.15) is 0 Å². The maximum atomic E-state index is 12.4. The Kier molecular flexibility index (Phi) is 4.75. The van der Waals surface area contributed by atoms with E-state index in [2.05, 4.69) is 4.98 Å². The van der Waals surface area contributed by atoms with Gasteiger partial charge in [0.2, 0.25) is 0 Å². The number of aromatic nitrogens is 2. The van der Waals surface area contributed by atoms with Crippen LogP contribution in [-0.4, -0.2) is 9.38 Å². The molecule has 0 aliphatic carbocycles. The Morgan fingerprint density at radius 3 is 1.93 bits per heavy atom. The first kappa shape index (κ1) is 16.7. The van der Waals surface area contributed by atoms with E-state index in [4.69, 9.17) is 0 Å². The molecular weight excluding hydrogens is 332 g/mol. The minimum absolute atomic E-state index is 0.0914. The van der Waals surface area contributed by atoms with Gasteiger partial charge in [0.1, 0.15) is 5.65 Å². The summed E-state index contributed by atoms with van der Waals surface area (Å²) in [6, 6.07) is 25.4. The van der Waals surface area contributed by atoms with Crippen molar-refractivity contribution >= 4 is 30.0 Å². The van der Waals surface area contributed by atoms with E-state index in [1.807, 2.05) is 97.1 Å². The highest BCUT2D eigenvalue weighted by Gasteiger charge is 2.01. The number of hydrogen-bond acceptors (Lipinski definition) is 2. The lowest BCUT2D eigenvalue weighted by Gasteiger charge is -2.03. The van der Waals surface area contributed by atoms with Gasteiger partial charge in [0.15, 0.2) is 0 Å². The van der Waals surface area contributed by atoms with E-state index in [0.717, 1.165) is 16.7 Å². The molecule has 4 rings (SSSR count). The molecule has 0 aliphatic rings. The molecule has 0 N–H and O–H groups in total. The zero-order chi connectivity index (χ0) is 18.5. The van der Waals surface area contributed by atoms with Crippen molar-refractivity contribution in [1.29, 1.82) is 0 Å². The lowest BCUT2D eigenvalue weighted by atomic mass is 10.1. The molecule has 27 heavy (non-hydrogen) atoms. The zero-order valence-corrected chi connectivity index (χ0v) is 14.7. The molecule has 0 unspecified atom stereocenters. The van der Waals surface area contributed by atoms with Crippen molar-refractivity contribution < 1.29 is 0 Å². The number of pyridine rings is 1. The van der Waals surface area contributed by atoms with Gasteiger partial charge < -0.3 is 0 Å². The van der Waals surface area contributed by atoms with E-state index in [1.54, 1.807) is 16.7 Å². The summed E-state index contributed by atoms with van der Waals surface area (Å²) in [5.74, 6) is 0. The van der Waals surface area contributed by atoms with Crippen molar-refractivity contribution in [2.75, 3.05) is 0 Å². The molecule has 0 radical (unpaired) electrons. The Labute approximate surface area is 157 Å². The molecule has 0 atom stereocenters. The van der Waals surface area contributed by atoms with E-state index < -0.39 is 0 Å². The molecule has 0 aliphatic heterocycles. The fraction of sp³-hybridized carbons (Fsp3) is 0. The number of hydrogen-bond donors (Lipinski definition) is 0. The van der Waals surface area contributed by atoms with Crippen LogP contribution in [0.1, 0.15) is 22.4 Å². The van der Waals surface area contributed by atoms with Gasteiger partial charge in [0.05, 0.1) is 5.69 Å². The third-order valence-electron chi connectivity index (χ3n) is 4.23. The average Bonchev–Trinajstić information content (AvgIpc) is 2.72. The lowest BCUT2D eigenvalue weighted by Crippen LogP contribution is -2.14. The molecule has 2 aromatic heterocycles. The minimum atomic E-state index is -0.0914. The Hall–Kier alpha value is -3.72. The molecule has 0 saturated carbocycles. The monoisotopic (exact) mass is 350 g/mol. The van der Waals surface area contributed by atoms with Crippen LogP contribution in [0.25, 0.3) is 30.0 Å². The standard InChI is InChI=1S/C24H18N2O/c27-24-18-22(14-13-20-9-5-2-6-10-20)25-23-17-21(15-16-26(23)24)12-11-19-7-3-1-4-8-19/h1-18H/b12-11+,14-13+. The third kappa shape index (κ3) is 4.10. The molecular formula is C24H18N2O.